The topological polar surface area (TPSA) is 26.3 Å². The van der Waals surface area contributed by atoms with Crippen LogP contribution in [0, 0.1) is 5.82 Å². The molecule has 0 atom stereocenters. The zero-order valence-electron chi connectivity index (χ0n) is 10.7. The maximum atomic E-state index is 14.2. The number of hydrogen-bond donors (Lipinski definition) is 0. The molecular formula is C13H15F3O2. The Hall–Kier alpha value is -1.36. The van der Waals surface area contributed by atoms with Crippen LogP contribution in [0.1, 0.15) is 36.7 Å². The summed E-state index contributed by atoms with van der Waals surface area (Å²) in [6.07, 6.45) is 0. The molecule has 0 saturated heterocycles. The zero-order chi connectivity index (χ0) is 14.1. The number of alkyl halides is 2. The van der Waals surface area contributed by atoms with Crippen LogP contribution in [0.5, 0.6) is 0 Å². The molecule has 0 N–H and O–H groups in total. The summed E-state index contributed by atoms with van der Waals surface area (Å²) in [5.74, 6) is -5.34. The summed E-state index contributed by atoms with van der Waals surface area (Å²) in [5, 5.41) is 0. The van der Waals surface area contributed by atoms with Gasteiger partial charge in [0.05, 0.1) is 11.1 Å². The van der Waals surface area contributed by atoms with E-state index >= 15 is 0 Å². The SMILES string of the molecule is COC(C)(C)C(F)(F)c1cccc(C(C)=O)c1F. The Morgan fingerprint density at radius 2 is 1.83 bits per heavy atom. The van der Waals surface area contributed by atoms with Crippen molar-refractivity contribution in [1.29, 1.82) is 0 Å². The highest BCUT2D eigenvalue weighted by molar-refractivity contribution is 5.94. The maximum Gasteiger partial charge on any atom is 0.303 e. The number of ketones is 1. The fourth-order valence-corrected chi connectivity index (χ4v) is 1.50. The Labute approximate surface area is 104 Å². The van der Waals surface area contributed by atoms with Crippen LogP contribution in [-0.2, 0) is 10.7 Å². The van der Waals surface area contributed by atoms with Gasteiger partial charge in [-0.3, -0.25) is 4.79 Å². The number of halogens is 3. The van der Waals surface area contributed by atoms with E-state index in [0.29, 0.717) is 0 Å². The smallest absolute Gasteiger partial charge is 0.303 e. The van der Waals surface area contributed by atoms with Gasteiger partial charge in [-0.05, 0) is 32.9 Å². The first-order valence-electron chi connectivity index (χ1n) is 5.38. The molecule has 0 heterocycles. The number of Topliss-reactive ketones (excluding diaryl/α,β-unsaturated/α-hetero) is 1. The second kappa shape index (κ2) is 4.72. The van der Waals surface area contributed by atoms with Gasteiger partial charge < -0.3 is 4.74 Å². The molecule has 1 aromatic carbocycles. The first-order chi connectivity index (χ1) is 8.15. The highest BCUT2D eigenvalue weighted by Gasteiger charge is 2.50. The summed E-state index contributed by atoms with van der Waals surface area (Å²) in [7, 11) is 1.13. The number of carbonyl (C=O) groups is 1. The average Bonchev–Trinajstić information content (AvgIpc) is 2.28. The van der Waals surface area contributed by atoms with Crippen molar-refractivity contribution >= 4 is 5.78 Å². The molecule has 0 bridgehead atoms. The number of hydrogen-bond acceptors (Lipinski definition) is 2. The summed E-state index contributed by atoms with van der Waals surface area (Å²) < 4.78 is 47.0. The molecule has 0 aliphatic carbocycles. The molecule has 2 nitrogen and oxygen atoms in total. The summed E-state index contributed by atoms with van der Waals surface area (Å²) in [6, 6.07) is 3.37. The number of ether oxygens (including phenoxy) is 1. The van der Waals surface area contributed by atoms with Crippen LogP contribution in [0.2, 0.25) is 0 Å². The van der Waals surface area contributed by atoms with Gasteiger partial charge in [0.1, 0.15) is 11.4 Å². The van der Waals surface area contributed by atoms with Gasteiger partial charge in [-0.2, -0.15) is 8.78 Å². The summed E-state index contributed by atoms with van der Waals surface area (Å²) in [4.78, 5) is 11.1. The number of carbonyl (C=O) groups excluding carboxylic acids is 1. The third-order valence-corrected chi connectivity index (χ3v) is 2.98. The second-order valence-electron chi connectivity index (χ2n) is 4.51. The fraction of sp³-hybridized carbons (Fsp3) is 0.462. The molecule has 5 heteroatoms. The minimum absolute atomic E-state index is 0.348. The van der Waals surface area contributed by atoms with E-state index < -0.39 is 28.7 Å². The van der Waals surface area contributed by atoms with Crippen molar-refractivity contribution in [3.05, 3.63) is 35.1 Å². The molecule has 0 aliphatic rings. The number of benzene rings is 1. The lowest BCUT2D eigenvalue weighted by molar-refractivity contribution is -0.186. The van der Waals surface area contributed by atoms with Crippen molar-refractivity contribution in [1.82, 2.24) is 0 Å². The molecule has 0 amide bonds. The van der Waals surface area contributed by atoms with Gasteiger partial charge in [0.2, 0.25) is 0 Å². The molecule has 0 unspecified atom stereocenters. The van der Waals surface area contributed by atoms with Gasteiger partial charge in [0.25, 0.3) is 0 Å². The minimum atomic E-state index is -3.54. The normalized spacial score (nSPS) is 12.6. The van der Waals surface area contributed by atoms with Crippen LogP contribution in [0.3, 0.4) is 0 Å². The molecule has 1 aromatic rings. The van der Waals surface area contributed by atoms with Crippen molar-refractivity contribution in [2.75, 3.05) is 7.11 Å². The molecular weight excluding hydrogens is 245 g/mol. The lowest BCUT2D eigenvalue weighted by Crippen LogP contribution is -2.42. The van der Waals surface area contributed by atoms with E-state index in [0.717, 1.165) is 33.9 Å². The van der Waals surface area contributed by atoms with Crippen molar-refractivity contribution in [3.63, 3.8) is 0 Å². The van der Waals surface area contributed by atoms with Crippen molar-refractivity contribution in [3.8, 4) is 0 Å². The molecule has 0 saturated carbocycles. The Balaban J connectivity index is 3.43. The van der Waals surface area contributed by atoms with Gasteiger partial charge in [0, 0.05) is 7.11 Å². The largest absolute Gasteiger partial charge is 0.372 e. The van der Waals surface area contributed by atoms with E-state index in [1.54, 1.807) is 0 Å². The van der Waals surface area contributed by atoms with Crippen molar-refractivity contribution < 1.29 is 22.7 Å². The van der Waals surface area contributed by atoms with E-state index in [9.17, 15) is 18.0 Å². The lowest BCUT2D eigenvalue weighted by atomic mass is 9.91. The first-order valence-corrected chi connectivity index (χ1v) is 5.38. The van der Waals surface area contributed by atoms with E-state index in [1.807, 2.05) is 0 Å². The Kier molecular flexibility index (Phi) is 3.86. The van der Waals surface area contributed by atoms with Gasteiger partial charge in [-0.25, -0.2) is 4.39 Å². The molecule has 0 fully saturated rings. The summed E-state index contributed by atoms with van der Waals surface area (Å²) in [5.41, 5.74) is -3.05. The predicted octanol–water partition coefficient (Wildman–Crippen LogP) is 3.55. The third-order valence-electron chi connectivity index (χ3n) is 2.98. The average molecular weight is 260 g/mol. The Morgan fingerprint density at radius 1 is 1.28 bits per heavy atom. The van der Waals surface area contributed by atoms with Crippen LogP contribution >= 0.6 is 0 Å². The first kappa shape index (κ1) is 14.7. The van der Waals surface area contributed by atoms with E-state index in [1.165, 1.54) is 12.1 Å². The van der Waals surface area contributed by atoms with Crippen LogP contribution < -0.4 is 0 Å². The molecule has 0 spiro atoms. The Bertz CT molecular complexity index is 467. The summed E-state index contributed by atoms with van der Waals surface area (Å²) >= 11 is 0. The quantitative estimate of drug-likeness (QED) is 0.774. The number of methoxy groups -OCH3 is 1. The van der Waals surface area contributed by atoms with E-state index in [2.05, 4.69) is 0 Å². The third kappa shape index (κ3) is 2.27. The van der Waals surface area contributed by atoms with Crippen molar-refractivity contribution in [2.45, 2.75) is 32.3 Å². The number of rotatable bonds is 4. The van der Waals surface area contributed by atoms with Gasteiger partial charge in [0.15, 0.2) is 5.78 Å². The molecule has 0 aromatic heterocycles. The van der Waals surface area contributed by atoms with Crippen LogP contribution in [0.4, 0.5) is 13.2 Å². The lowest BCUT2D eigenvalue weighted by Gasteiger charge is -2.33. The van der Waals surface area contributed by atoms with Crippen LogP contribution in [0.25, 0.3) is 0 Å². The fourth-order valence-electron chi connectivity index (χ4n) is 1.50. The summed E-state index contributed by atoms with van der Waals surface area (Å²) in [6.45, 7) is 3.45. The second-order valence-corrected chi connectivity index (χ2v) is 4.51. The minimum Gasteiger partial charge on any atom is -0.372 e. The predicted molar refractivity (Wildman–Crippen MR) is 61.4 cm³/mol. The monoisotopic (exact) mass is 260 g/mol. The molecule has 100 valence electrons. The maximum absolute atomic E-state index is 14.2. The van der Waals surface area contributed by atoms with E-state index in [-0.39, 0.29) is 5.56 Å². The molecule has 18 heavy (non-hydrogen) atoms. The van der Waals surface area contributed by atoms with E-state index in [4.69, 9.17) is 4.74 Å². The zero-order valence-corrected chi connectivity index (χ0v) is 10.7. The van der Waals surface area contributed by atoms with Crippen LogP contribution in [0.15, 0.2) is 18.2 Å². The highest BCUT2D eigenvalue weighted by atomic mass is 19.3. The standard InChI is InChI=1S/C13H15F3O2/c1-8(17)9-6-5-7-10(11(9)14)13(15,16)12(2,3)18-4/h5-7H,1-4H3. The highest BCUT2D eigenvalue weighted by Crippen LogP contribution is 2.42. The molecule has 1 rings (SSSR count). The molecule has 0 aliphatic heterocycles. The van der Waals surface area contributed by atoms with Gasteiger partial charge in [-0.15, -0.1) is 0 Å². The molecule has 0 radical (unpaired) electrons. The Morgan fingerprint density at radius 3 is 2.28 bits per heavy atom. The van der Waals surface area contributed by atoms with Gasteiger partial charge in [-0.1, -0.05) is 6.07 Å². The van der Waals surface area contributed by atoms with Gasteiger partial charge >= 0.3 is 5.92 Å². The van der Waals surface area contributed by atoms with Crippen molar-refractivity contribution in [2.24, 2.45) is 0 Å². The van der Waals surface area contributed by atoms with Crippen LogP contribution in [-0.4, -0.2) is 18.5 Å².